The first-order valence-corrected chi connectivity index (χ1v) is 23.4. The Balaban J connectivity index is 0.886. The highest BCUT2D eigenvalue weighted by Crippen LogP contribution is 2.70. The van der Waals surface area contributed by atoms with Crippen LogP contribution in [0.2, 0.25) is 0 Å². The van der Waals surface area contributed by atoms with E-state index in [2.05, 4.69) is 75.4 Å². The molecule has 8 N–H and O–H groups in total. The highest BCUT2D eigenvalue weighted by molar-refractivity contribution is 7.81. The van der Waals surface area contributed by atoms with Crippen molar-refractivity contribution in [3.63, 3.8) is 0 Å². The summed E-state index contributed by atoms with van der Waals surface area (Å²) in [6.45, 7) is 8.90. The number of aliphatic hydroxyl groups excluding tert-OH is 2. The molecule has 3 unspecified atom stereocenters. The number of aliphatic hydroxyl groups is 2. The van der Waals surface area contributed by atoms with Crippen molar-refractivity contribution in [1.29, 1.82) is 0 Å². The fourth-order valence-corrected chi connectivity index (χ4v) is 11.6. The van der Waals surface area contributed by atoms with Crippen LogP contribution in [0.5, 0.6) is 0 Å². The number of ketones is 1. The van der Waals surface area contributed by atoms with Crippen molar-refractivity contribution in [3.8, 4) is 0 Å². The predicted octanol–water partition coefficient (Wildman–Crippen LogP) is 3.90. The van der Waals surface area contributed by atoms with Gasteiger partial charge in [0.15, 0.2) is 17.7 Å². The lowest BCUT2D eigenvalue weighted by atomic mass is 9.46. The third-order valence-electron chi connectivity index (χ3n) is 14.8. The number of pyridine rings is 1. The van der Waals surface area contributed by atoms with E-state index < -0.39 is 95.3 Å². The van der Waals surface area contributed by atoms with Gasteiger partial charge in [0.05, 0.1) is 23.9 Å². The van der Waals surface area contributed by atoms with E-state index in [1.807, 2.05) is 32.0 Å². The molecule has 360 valence electrons. The number of carboxylic acid groups (broad SMARTS) is 1. The molecular formula is C49H62N6O11S. The van der Waals surface area contributed by atoms with E-state index in [0.717, 1.165) is 18.4 Å². The molecule has 4 amide bonds. The Labute approximate surface area is 395 Å². The first kappa shape index (κ1) is 49.5. The van der Waals surface area contributed by atoms with Crippen LogP contribution in [0.4, 0.5) is 11.5 Å². The molecule has 2 heterocycles. The number of benzene rings is 1. The van der Waals surface area contributed by atoms with Crippen LogP contribution in [-0.2, 0) is 44.8 Å². The molecule has 0 radical (unpaired) electrons. The van der Waals surface area contributed by atoms with E-state index in [4.69, 9.17) is 14.6 Å². The molecule has 2 aromatic rings. The number of ether oxygens (including phenoxy) is 2. The van der Waals surface area contributed by atoms with Crippen molar-refractivity contribution in [2.45, 2.75) is 121 Å². The summed E-state index contributed by atoms with van der Waals surface area (Å²) in [6, 6.07) is 8.80. The molecule has 4 aliphatic carbocycles. The van der Waals surface area contributed by atoms with Crippen molar-refractivity contribution in [1.82, 2.24) is 20.9 Å². The molecule has 18 heteroatoms. The van der Waals surface area contributed by atoms with Gasteiger partial charge in [-0.15, -0.1) is 0 Å². The summed E-state index contributed by atoms with van der Waals surface area (Å²) in [7, 11) is 0. The smallest absolute Gasteiger partial charge is 0.304 e. The van der Waals surface area contributed by atoms with Gasteiger partial charge in [-0.1, -0.05) is 55.9 Å². The maximum absolute atomic E-state index is 14.0. The molecule has 67 heavy (non-hydrogen) atoms. The van der Waals surface area contributed by atoms with Gasteiger partial charge in [0, 0.05) is 53.7 Å². The van der Waals surface area contributed by atoms with Crippen LogP contribution < -0.4 is 26.6 Å². The minimum absolute atomic E-state index is 0.0137. The van der Waals surface area contributed by atoms with Gasteiger partial charge in [-0.25, -0.2) is 4.98 Å². The summed E-state index contributed by atoms with van der Waals surface area (Å²) in [4.78, 5) is 79.0. The number of nitrogens with one attached hydrogen (secondary N) is 5. The highest BCUT2D eigenvalue weighted by atomic mass is 32.1. The van der Waals surface area contributed by atoms with E-state index in [0.29, 0.717) is 36.5 Å². The summed E-state index contributed by atoms with van der Waals surface area (Å²) in [5.74, 6) is -3.09. The average molecular weight is 943 g/mol. The lowest BCUT2D eigenvalue weighted by Crippen LogP contribution is -2.63. The number of fused-ring (bicyclic) bond motifs is 7. The second kappa shape index (κ2) is 20.1. The summed E-state index contributed by atoms with van der Waals surface area (Å²) in [5.41, 5.74) is 2.04. The van der Waals surface area contributed by atoms with E-state index in [1.54, 1.807) is 24.4 Å². The molecule has 17 nitrogen and oxygen atoms in total. The van der Waals surface area contributed by atoms with Crippen LogP contribution in [-0.4, -0.2) is 104 Å². The van der Waals surface area contributed by atoms with Gasteiger partial charge >= 0.3 is 5.97 Å². The lowest BCUT2D eigenvalue weighted by Gasteiger charge is -2.59. The molecular weight excluding hydrogens is 881 g/mol. The molecule has 4 fully saturated rings. The highest BCUT2D eigenvalue weighted by Gasteiger charge is 2.76. The molecule has 7 rings (SSSR count). The number of carbonyl (C=O) groups is 6. The average Bonchev–Trinajstić information content (AvgIpc) is 3.80. The SMILES string of the molecule is C/C=C1\C=C[C@@]2(C)C(=C1)CC[C@@H]1C2[C@@H](O)C[C@@]2(C)C1C[C@H]1O[C@@H](c3ccc(NCc4ccc(NC(=O)[C@H](C)NC(=O)[C@H](C)NC(=O)CCNC(=O)C(S)CC(=O)O)cc4)nc3)O[C@]12C(=O)CO. The van der Waals surface area contributed by atoms with E-state index in [-0.39, 0.29) is 36.1 Å². The van der Waals surface area contributed by atoms with Crippen molar-refractivity contribution < 1.29 is 53.6 Å². The zero-order valence-corrected chi connectivity index (χ0v) is 39.3. The Hall–Kier alpha value is -5.40. The molecule has 12 atom stereocenters. The number of anilines is 2. The van der Waals surface area contributed by atoms with Gasteiger partial charge in [-0.05, 0) is 93.7 Å². The third-order valence-corrected chi connectivity index (χ3v) is 15.2. The first-order chi connectivity index (χ1) is 31.8. The Morgan fingerprint density at radius 2 is 1.73 bits per heavy atom. The van der Waals surface area contributed by atoms with Crippen LogP contribution in [0, 0.1) is 28.6 Å². The Morgan fingerprint density at radius 1 is 1.00 bits per heavy atom. The van der Waals surface area contributed by atoms with Gasteiger partial charge in [0.25, 0.3) is 0 Å². The number of allylic oxidation sites excluding steroid dienone is 6. The molecule has 5 aliphatic rings. The molecule has 0 bridgehead atoms. The van der Waals surface area contributed by atoms with Gasteiger partial charge in [-0.2, -0.15) is 12.6 Å². The maximum atomic E-state index is 14.0. The van der Waals surface area contributed by atoms with Crippen molar-refractivity contribution >= 4 is 59.5 Å². The number of Topliss-reactive ketones (excluding diaryl/α,β-unsaturated/α-hetero) is 1. The van der Waals surface area contributed by atoms with Crippen LogP contribution in [0.25, 0.3) is 0 Å². The fraction of sp³-hybridized carbons (Fsp3) is 0.531. The van der Waals surface area contributed by atoms with Crippen molar-refractivity contribution in [3.05, 3.63) is 89.2 Å². The minimum atomic E-state index is -1.43. The van der Waals surface area contributed by atoms with Gasteiger partial charge in [0.2, 0.25) is 23.6 Å². The summed E-state index contributed by atoms with van der Waals surface area (Å²) in [6.07, 6.45) is 10.3. The van der Waals surface area contributed by atoms with Crippen LogP contribution in [0.1, 0.15) is 90.6 Å². The number of rotatable bonds is 17. The lowest BCUT2D eigenvalue weighted by molar-refractivity contribution is -0.201. The Bertz CT molecular complexity index is 2340. The van der Waals surface area contributed by atoms with E-state index in [9.17, 15) is 39.0 Å². The standard InChI is InChI=1S/C49H62N6O11S/c1-6-28-15-17-47(4)31(19-28)10-13-33-34-20-38-49(37(58)25-56,48(34,5)22-35(57)42(33)47)66-46(65-38)30-9-14-39(52-24-30)51-23-29-7-11-32(12-8-29)55-44(63)27(3)54-43(62)26(2)53-40(59)16-18-50-45(64)36(67)21-41(60)61/h6-9,11-12,14-15,17,19,24,26-27,33-36,38,42,46,56-57,67H,10,13,16,18,20-23,25H2,1-5H3,(H,50,64)(H,51,52)(H,53,59)(H,54,62)(H,55,63)(H,60,61)/b28-6+/t26-,27-,33-,34?,35-,36?,38+,42?,46+,47-,48-,49+/m0/s1. The number of amides is 4. The van der Waals surface area contributed by atoms with Crippen molar-refractivity contribution in [2.24, 2.45) is 28.6 Å². The van der Waals surface area contributed by atoms with Crippen LogP contribution in [0.3, 0.4) is 0 Å². The third kappa shape index (κ3) is 9.82. The molecule has 1 aromatic heterocycles. The molecule has 3 saturated carbocycles. The maximum Gasteiger partial charge on any atom is 0.304 e. The fourth-order valence-electron chi connectivity index (χ4n) is 11.3. The number of hydrogen-bond acceptors (Lipinski definition) is 13. The zero-order chi connectivity index (χ0) is 48.4. The predicted molar refractivity (Wildman–Crippen MR) is 250 cm³/mol. The number of thiol groups is 1. The largest absolute Gasteiger partial charge is 0.481 e. The summed E-state index contributed by atoms with van der Waals surface area (Å²) >= 11 is 3.93. The second-order valence-electron chi connectivity index (χ2n) is 18.9. The Morgan fingerprint density at radius 3 is 2.40 bits per heavy atom. The van der Waals surface area contributed by atoms with E-state index in [1.165, 1.54) is 25.0 Å². The molecule has 1 aliphatic heterocycles. The monoisotopic (exact) mass is 942 g/mol. The quantitative estimate of drug-likeness (QED) is 0.102. The second-order valence-corrected chi connectivity index (χ2v) is 19.5. The normalized spacial score (nSPS) is 31.1. The topological polar surface area (TPSA) is 255 Å². The van der Waals surface area contributed by atoms with Gasteiger partial charge in [0.1, 0.15) is 24.5 Å². The summed E-state index contributed by atoms with van der Waals surface area (Å²) in [5, 5.41) is 43.7. The number of nitrogens with zero attached hydrogens (tertiary/aromatic N) is 1. The van der Waals surface area contributed by atoms with Gasteiger partial charge in [-0.3, -0.25) is 28.8 Å². The van der Waals surface area contributed by atoms with Crippen LogP contribution in [0.15, 0.2) is 78.0 Å². The minimum Gasteiger partial charge on any atom is -0.481 e. The number of aliphatic carboxylic acids is 1. The number of aromatic nitrogens is 1. The van der Waals surface area contributed by atoms with Crippen molar-refractivity contribution in [2.75, 3.05) is 23.8 Å². The summed E-state index contributed by atoms with van der Waals surface area (Å²) < 4.78 is 13.4. The number of carbonyl (C=O) groups excluding carboxylic acids is 5. The molecule has 1 saturated heterocycles. The number of carboxylic acids is 1. The Kier molecular flexibility index (Phi) is 14.8. The van der Waals surface area contributed by atoms with Crippen LogP contribution >= 0.6 is 12.6 Å². The first-order valence-electron chi connectivity index (χ1n) is 22.9. The number of hydrogen-bond donors (Lipinski definition) is 9. The molecule has 0 spiro atoms. The zero-order valence-electron chi connectivity index (χ0n) is 38.4. The molecule has 1 aromatic carbocycles. The van der Waals surface area contributed by atoms with E-state index >= 15 is 0 Å². The van der Waals surface area contributed by atoms with Gasteiger partial charge < -0.3 is 51.4 Å².